The van der Waals surface area contributed by atoms with Gasteiger partial charge in [0, 0.05) is 23.1 Å². The van der Waals surface area contributed by atoms with Gasteiger partial charge in [0.2, 0.25) is 11.8 Å². The van der Waals surface area contributed by atoms with Crippen LogP contribution in [-0.2, 0) is 26.2 Å². The molecule has 12 heteroatoms. The van der Waals surface area contributed by atoms with E-state index in [2.05, 4.69) is 5.32 Å². The fourth-order valence-corrected chi connectivity index (χ4v) is 6.48. The highest BCUT2D eigenvalue weighted by atomic mass is 35.5. The molecule has 0 spiro atoms. The quantitative estimate of drug-likeness (QED) is 0.218. The molecule has 0 aromatic heterocycles. The van der Waals surface area contributed by atoms with E-state index in [0.29, 0.717) is 27.9 Å². The molecule has 3 rings (SSSR count). The minimum atomic E-state index is -4.25. The first-order valence-corrected chi connectivity index (χ1v) is 16.3. The molecule has 0 bridgehead atoms. The molecule has 2 amide bonds. The van der Waals surface area contributed by atoms with E-state index >= 15 is 0 Å². The Morgan fingerprint density at radius 3 is 2.19 bits per heavy atom. The highest BCUT2D eigenvalue weighted by molar-refractivity contribution is 7.92. The van der Waals surface area contributed by atoms with Crippen LogP contribution in [0, 0.1) is 12.8 Å². The largest absolute Gasteiger partial charge is 0.495 e. The standard InChI is InChI=1S/C31H36Cl3N3O5S/c1-6-28(31(39)35-17-20(2)3)36(18-22-9-10-23(32)15-26(22)33)30(38)19-37(24-11-14-29(42-5)27(34)16-24)43(40,41)25-12-7-21(4)8-13-25/h7-16,20,28H,6,17-19H2,1-5H3,(H,35,39). The van der Waals surface area contributed by atoms with E-state index in [9.17, 15) is 18.0 Å². The predicted octanol–water partition coefficient (Wildman–Crippen LogP) is 6.74. The molecule has 0 aliphatic carbocycles. The SMILES string of the molecule is CCC(C(=O)NCC(C)C)N(Cc1ccc(Cl)cc1Cl)C(=O)CN(c1ccc(OC)c(Cl)c1)S(=O)(=O)c1ccc(C)cc1. The minimum Gasteiger partial charge on any atom is -0.495 e. The average Bonchev–Trinajstić information content (AvgIpc) is 2.95. The van der Waals surface area contributed by atoms with Gasteiger partial charge in [-0.3, -0.25) is 13.9 Å². The van der Waals surface area contributed by atoms with Gasteiger partial charge in [-0.15, -0.1) is 0 Å². The number of rotatable bonds is 13. The number of carbonyl (C=O) groups excluding carboxylic acids is 2. The Balaban J connectivity index is 2.11. The number of hydrogen-bond donors (Lipinski definition) is 1. The van der Waals surface area contributed by atoms with Crippen LogP contribution in [0.15, 0.2) is 65.6 Å². The maximum atomic E-state index is 14.2. The van der Waals surface area contributed by atoms with Crippen LogP contribution < -0.4 is 14.4 Å². The van der Waals surface area contributed by atoms with Gasteiger partial charge in [-0.25, -0.2) is 8.42 Å². The second-order valence-corrected chi connectivity index (χ2v) is 13.6. The summed E-state index contributed by atoms with van der Waals surface area (Å²) in [6.45, 7) is 7.31. The van der Waals surface area contributed by atoms with Crippen molar-refractivity contribution in [3.8, 4) is 5.75 Å². The zero-order chi connectivity index (χ0) is 31.9. The minimum absolute atomic E-state index is 0.00754. The van der Waals surface area contributed by atoms with E-state index < -0.39 is 28.5 Å². The molecule has 0 aliphatic rings. The third-order valence-corrected chi connectivity index (χ3v) is 9.41. The van der Waals surface area contributed by atoms with Crippen molar-refractivity contribution in [2.45, 2.75) is 51.6 Å². The number of nitrogens with one attached hydrogen (secondary N) is 1. The summed E-state index contributed by atoms with van der Waals surface area (Å²) < 4.78 is 34.3. The lowest BCUT2D eigenvalue weighted by molar-refractivity contribution is -0.140. The van der Waals surface area contributed by atoms with Gasteiger partial charge in [-0.05, 0) is 67.3 Å². The lowest BCUT2D eigenvalue weighted by atomic mass is 10.1. The highest BCUT2D eigenvalue weighted by Crippen LogP contribution is 2.32. The van der Waals surface area contributed by atoms with Gasteiger partial charge in [-0.1, -0.05) is 79.3 Å². The van der Waals surface area contributed by atoms with Gasteiger partial charge in [0.1, 0.15) is 18.3 Å². The fourth-order valence-electron chi connectivity index (χ4n) is 4.35. The van der Waals surface area contributed by atoms with E-state index in [1.165, 1.54) is 42.3 Å². The normalized spacial score (nSPS) is 12.1. The number of benzene rings is 3. The van der Waals surface area contributed by atoms with Gasteiger partial charge in [0.25, 0.3) is 10.0 Å². The summed E-state index contributed by atoms with van der Waals surface area (Å²) in [5, 5.41) is 3.79. The molecular weight excluding hydrogens is 633 g/mol. The number of halogens is 3. The monoisotopic (exact) mass is 667 g/mol. The molecule has 3 aromatic rings. The Hall–Kier alpha value is -2.98. The first-order chi connectivity index (χ1) is 20.3. The average molecular weight is 669 g/mol. The number of aryl methyl sites for hydroxylation is 1. The third kappa shape index (κ3) is 8.79. The predicted molar refractivity (Wildman–Crippen MR) is 173 cm³/mol. The Kier molecular flexibility index (Phi) is 12.2. The van der Waals surface area contributed by atoms with Crippen LogP contribution in [0.1, 0.15) is 38.3 Å². The third-order valence-electron chi connectivity index (χ3n) is 6.74. The number of carbonyl (C=O) groups is 2. The lowest BCUT2D eigenvalue weighted by Crippen LogP contribution is -2.52. The fraction of sp³-hybridized carbons (Fsp3) is 0.355. The number of hydrogen-bond acceptors (Lipinski definition) is 5. The molecule has 3 aromatic carbocycles. The van der Waals surface area contributed by atoms with Crippen molar-refractivity contribution in [2.75, 3.05) is 24.5 Å². The topological polar surface area (TPSA) is 96.0 Å². The van der Waals surface area contributed by atoms with E-state index in [1.807, 2.05) is 20.8 Å². The van der Waals surface area contributed by atoms with Crippen LogP contribution in [-0.4, -0.2) is 51.4 Å². The summed E-state index contributed by atoms with van der Waals surface area (Å²) in [5.41, 5.74) is 1.58. The van der Waals surface area contributed by atoms with Gasteiger partial charge in [0.05, 0.1) is 22.7 Å². The van der Waals surface area contributed by atoms with Crippen LogP contribution in [0.2, 0.25) is 15.1 Å². The molecule has 0 fully saturated rings. The zero-order valence-corrected chi connectivity index (χ0v) is 27.8. The van der Waals surface area contributed by atoms with Gasteiger partial charge >= 0.3 is 0 Å². The molecule has 0 saturated heterocycles. The van der Waals surface area contributed by atoms with Crippen LogP contribution >= 0.6 is 34.8 Å². The van der Waals surface area contributed by atoms with Gasteiger partial charge in [0.15, 0.2) is 0 Å². The van der Waals surface area contributed by atoms with E-state index in [-0.39, 0.29) is 40.4 Å². The second kappa shape index (κ2) is 15.1. The smallest absolute Gasteiger partial charge is 0.264 e. The molecule has 1 N–H and O–H groups in total. The van der Waals surface area contributed by atoms with Crippen molar-refractivity contribution < 1.29 is 22.7 Å². The Morgan fingerprint density at radius 1 is 0.953 bits per heavy atom. The molecule has 1 atom stereocenters. The highest BCUT2D eigenvalue weighted by Gasteiger charge is 2.34. The van der Waals surface area contributed by atoms with Crippen LogP contribution in [0.3, 0.4) is 0 Å². The molecular formula is C31H36Cl3N3O5S. The van der Waals surface area contributed by atoms with Crippen molar-refractivity contribution in [2.24, 2.45) is 5.92 Å². The van der Waals surface area contributed by atoms with Gasteiger partial charge < -0.3 is 15.0 Å². The summed E-state index contributed by atoms with van der Waals surface area (Å²) in [6, 6.07) is 14.7. The van der Waals surface area contributed by atoms with Crippen molar-refractivity contribution in [3.63, 3.8) is 0 Å². The summed E-state index contributed by atoms with van der Waals surface area (Å²) in [7, 11) is -2.81. The summed E-state index contributed by atoms with van der Waals surface area (Å²) >= 11 is 18.9. The molecule has 1 unspecified atom stereocenters. The number of ether oxygens (including phenoxy) is 1. The maximum absolute atomic E-state index is 14.2. The maximum Gasteiger partial charge on any atom is 0.264 e. The summed E-state index contributed by atoms with van der Waals surface area (Å²) in [5.74, 6) is -0.433. The molecule has 0 aliphatic heterocycles. The Morgan fingerprint density at radius 2 is 1.63 bits per heavy atom. The van der Waals surface area contributed by atoms with Crippen LogP contribution in [0.4, 0.5) is 5.69 Å². The van der Waals surface area contributed by atoms with Crippen LogP contribution in [0.5, 0.6) is 5.75 Å². The van der Waals surface area contributed by atoms with Crippen molar-refractivity contribution in [1.29, 1.82) is 0 Å². The lowest BCUT2D eigenvalue weighted by Gasteiger charge is -2.33. The molecule has 43 heavy (non-hydrogen) atoms. The first kappa shape index (κ1) is 34.5. The molecule has 0 radical (unpaired) electrons. The number of methoxy groups -OCH3 is 1. The first-order valence-electron chi connectivity index (χ1n) is 13.7. The van der Waals surface area contributed by atoms with Crippen molar-refractivity contribution in [3.05, 3.63) is 86.9 Å². The zero-order valence-electron chi connectivity index (χ0n) is 24.7. The Bertz CT molecular complexity index is 1550. The molecule has 0 heterocycles. The van der Waals surface area contributed by atoms with E-state index in [1.54, 1.807) is 37.3 Å². The molecule has 8 nitrogen and oxygen atoms in total. The number of nitrogens with zero attached hydrogens (tertiary/aromatic N) is 2. The van der Waals surface area contributed by atoms with E-state index in [4.69, 9.17) is 39.5 Å². The number of anilines is 1. The summed E-state index contributed by atoms with van der Waals surface area (Å²) in [6.07, 6.45) is 0.278. The number of sulfonamides is 1. The van der Waals surface area contributed by atoms with E-state index in [0.717, 1.165) is 9.87 Å². The van der Waals surface area contributed by atoms with Crippen molar-refractivity contribution in [1.82, 2.24) is 10.2 Å². The summed E-state index contributed by atoms with van der Waals surface area (Å²) in [4.78, 5) is 28.9. The molecule has 0 saturated carbocycles. The molecule has 232 valence electrons. The van der Waals surface area contributed by atoms with Gasteiger partial charge in [-0.2, -0.15) is 0 Å². The second-order valence-electron chi connectivity index (χ2n) is 10.5. The number of amides is 2. The Labute approximate surface area is 268 Å². The van der Waals surface area contributed by atoms with Crippen molar-refractivity contribution >= 4 is 62.3 Å². The van der Waals surface area contributed by atoms with Crippen LogP contribution in [0.25, 0.3) is 0 Å².